The molecule has 10 heteroatoms. The summed E-state index contributed by atoms with van der Waals surface area (Å²) in [5.41, 5.74) is -0.0134. The molecule has 1 aliphatic rings. The van der Waals surface area contributed by atoms with E-state index in [4.69, 9.17) is 0 Å². The SMILES string of the molecule is CCn1c(C2CCN(C(=O)Cn3nnc4ccccc4c3=O)CC2)n[nH]c1=O. The summed E-state index contributed by atoms with van der Waals surface area (Å²) in [6, 6.07) is 6.93. The molecule has 0 atom stereocenters. The zero-order chi connectivity index (χ0) is 19.7. The monoisotopic (exact) mass is 383 g/mol. The minimum absolute atomic E-state index is 0.131. The first-order valence-corrected chi connectivity index (χ1v) is 9.34. The van der Waals surface area contributed by atoms with E-state index in [0.29, 0.717) is 43.4 Å². The maximum absolute atomic E-state index is 12.6. The summed E-state index contributed by atoms with van der Waals surface area (Å²) in [5.74, 6) is 0.711. The number of rotatable bonds is 4. The van der Waals surface area contributed by atoms with Gasteiger partial charge in [0.1, 0.15) is 17.9 Å². The number of H-pyrrole nitrogens is 1. The Morgan fingerprint density at radius 2 is 1.96 bits per heavy atom. The summed E-state index contributed by atoms with van der Waals surface area (Å²) in [7, 11) is 0. The highest BCUT2D eigenvalue weighted by atomic mass is 16.2. The van der Waals surface area contributed by atoms with Gasteiger partial charge in [-0.3, -0.25) is 14.2 Å². The van der Waals surface area contributed by atoms with Crippen molar-refractivity contribution in [1.29, 1.82) is 0 Å². The van der Waals surface area contributed by atoms with Crippen LogP contribution in [0.3, 0.4) is 0 Å². The number of carbonyl (C=O) groups is 1. The van der Waals surface area contributed by atoms with Crippen molar-refractivity contribution in [3.05, 3.63) is 50.9 Å². The number of fused-ring (bicyclic) bond motifs is 1. The lowest BCUT2D eigenvalue weighted by Crippen LogP contribution is -2.42. The van der Waals surface area contributed by atoms with Gasteiger partial charge >= 0.3 is 5.69 Å². The number of aromatic amines is 1. The standard InChI is InChI=1S/C18H21N7O3/c1-2-24-16(20-21-18(24)28)12-7-9-23(10-8-12)15(26)11-25-17(27)13-5-3-4-6-14(13)19-22-25/h3-6,12H,2,7-11H2,1H3,(H,21,28). The fourth-order valence-corrected chi connectivity index (χ4v) is 3.69. The Morgan fingerprint density at radius 1 is 1.21 bits per heavy atom. The second-order valence-electron chi connectivity index (χ2n) is 6.86. The summed E-state index contributed by atoms with van der Waals surface area (Å²) in [6.07, 6.45) is 1.43. The van der Waals surface area contributed by atoms with Gasteiger partial charge in [-0.2, -0.15) is 5.10 Å². The van der Waals surface area contributed by atoms with Crippen molar-refractivity contribution in [2.24, 2.45) is 0 Å². The van der Waals surface area contributed by atoms with Crippen molar-refractivity contribution in [3.8, 4) is 0 Å². The van der Waals surface area contributed by atoms with Gasteiger partial charge in [0.15, 0.2) is 0 Å². The van der Waals surface area contributed by atoms with Crippen LogP contribution in [0.5, 0.6) is 0 Å². The number of carbonyl (C=O) groups excluding carboxylic acids is 1. The van der Waals surface area contributed by atoms with Crippen LogP contribution in [0.1, 0.15) is 31.5 Å². The molecule has 10 nitrogen and oxygen atoms in total. The van der Waals surface area contributed by atoms with Crippen LogP contribution < -0.4 is 11.2 Å². The molecule has 1 N–H and O–H groups in total. The maximum Gasteiger partial charge on any atom is 0.343 e. The van der Waals surface area contributed by atoms with Crippen LogP contribution in [0.2, 0.25) is 0 Å². The Bertz CT molecular complexity index is 1120. The number of benzene rings is 1. The Kier molecular flexibility index (Phi) is 4.76. The second-order valence-corrected chi connectivity index (χ2v) is 6.86. The van der Waals surface area contributed by atoms with Gasteiger partial charge in [0, 0.05) is 25.6 Å². The van der Waals surface area contributed by atoms with E-state index in [-0.39, 0.29) is 29.6 Å². The molecule has 0 spiro atoms. The quantitative estimate of drug-likeness (QED) is 0.683. The van der Waals surface area contributed by atoms with Crippen LogP contribution >= 0.6 is 0 Å². The number of nitrogens with one attached hydrogen (secondary N) is 1. The lowest BCUT2D eigenvalue weighted by atomic mass is 9.96. The van der Waals surface area contributed by atoms with Crippen LogP contribution in [0.25, 0.3) is 10.9 Å². The molecule has 3 aromatic rings. The van der Waals surface area contributed by atoms with Crippen molar-refractivity contribution in [2.45, 2.75) is 38.8 Å². The van der Waals surface area contributed by atoms with Gasteiger partial charge in [-0.15, -0.1) is 5.10 Å². The molecule has 3 heterocycles. The van der Waals surface area contributed by atoms with Crippen molar-refractivity contribution in [3.63, 3.8) is 0 Å². The smallest absolute Gasteiger partial charge is 0.341 e. The molecule has 1 fully saturated rings. The number of likely N-dealkylation sites (tertiary alicyclic amines) is 1. The molecule has 1 amide bonds. The van der Waals surface area contributed by atoms with Crippen molar-refractivity contribution >= 4 is 16.8 Å². The van der Waals surface area contributed by atoms with E-state index in [1.807, 2.05) is 6.92 Å². The van der Waals surface area contributed by atoms with Crippen LogP contribution in [0, 0.1) is 0 Å². The first-order valence-electron chi connectivity index (χ1n) is 9.34. The average Bonchev–Trinajstić information content (AvgIpc) is 3.10. The van der Waals surface area contributed by atoms with Crippen LogP contribution in [0.4, 0.5) is 0 Å². The molecule has 146 valence electrons. The van der Waals surface area contributed by atoms with Gasteiger partial charge in [0.2, 0.25) is 5.91 Å². The molecule has 4 rings (SSSR count). The third kappa shape index (κ3) is 3.21. The molecule has 0 aliphatic carbocycles. The van der Waals surface area contributed by atoms with E-state index in [1.54, 1.807) is 33.7 Å². The predicted octanol–water partition coefficient (Wildman–Crippen LogP) is 0.102. The normalized spacial score (nSPS) is 15.2. The van der Waals surface area contributed by atoms with Crippen molar-refractivity contribution < 1.29 is 4.79 Å². The lowest BCUT2D eigenvalue weighted by molar-refractivity contribution is -0.133. The first kappa shape index (κ1) is 18.1. The topological polar surface area (TPSA) is 119 Å². The molecular formula is C18H21N7O3. The lowest BCUT2D eigenvalue weighted by Gasteiger charge is -2.31. The molecule has 28 heavy (non-hydrogen) atoms. The van der Waals surface area contributed by atoms with Crippen LogP contribution in [-0.2, 0) is 17.9 Å². The Labute approximate surface area is 159 Å². The zero-order valence-electron chi connectivity index (χ0n) is 15.5. The highest BCUT2D eigenvalue weighted by Crippen LogP contribution is 2.26. The highest BCUT2D eigenvalue weighted by molar-refractivity contribution is 5.78. The van der Waals surface area contributed by atoms with Gasteiger partial charge < -0.3 is 4.90 Å². The third-order valence-corrected chi connectivity index (χ3v) is 5.23. The number of aromatic nitrogens is 6. The summed E-state index contributed by atoms with van der Waals surface area (Å²) >= 11 is 0. The van der Waals surface area contributed by atoms with Gasteiger partial charge in [0.25, 0.3) is 5.56 Å². The van der Waals surface area contributed by atoms with Crippen LogP contribution in [0.15, 0.2) is 33.9 Å². The van der Waals surface area contributed by atoms with E-state index >= 15 is 0 Å². The third-order valence-electron chi connectivity index (χ3n) is 5.23. The van der Waals surface area contributed by atoms with Gasteiger partial charge in [0.05, 0.1) is 5.39 Å². The second kappa shape index (κ2) is 7.37. The number of nitrogens with zero attached hydrogens (tertiary/aromatic N) is 6. The van der Waals surface area contributed by atoms with E-state index in [9.17, 15) is 14.4 Å². The predicted molar refractivity (Wildman–Crippen MR) is 101 cm³/mol. The van der Waals surface area contributed by atoms with E-state index < -0.39 is 0 Å². The number of hydrogen-bond donors (Lipinski definition) is 1. The summed E-state index contributed by atoms with van der Waals surface area (Å²) in [4.78, 5) is 38.6. The molecule has 2 aromatic heterocycles. The van der Waals surface area contributed by atoms with E-state index in [0.717, 1.165) is 10.5 Å². The highest BCUT2D eigenvalue weighted by Gasteiger charge is 2.27. The van der Waals surface area contributed by atoms with Gasteiger partial charge in [-0.25, -0.2) is 14.6 Å². The molecule has 1 saturated heterocycles. The van der Waals surface area contributed by atoms with Crippen molar-refractivity contribution in [2.75, 3.05) is 13.1 Å². The average molecular weight is 383 g/mol. The number of hydrogen-bond acceptors (Lipinski definition) is 6. The molecule has 0 radical (unpaired) electrons. The Hall–Kier alpha value is -3.30. The summed E-state index contributed by atoms with van der Waals surface area (Å²) in [5, 5.41) is 15.0. The Morgan fingerprint density at radius 3 is 2.71 bits per heavy atom. The minimum Gasteiger partial charge on any atom is -0.341 e. The van der Waals surface area contributed by atoms with Crippen LogP contribution in [-0.4, -0.2) is 53.7 Å². The number of amides is 1. The first-order chi connectivity index (χ1) is 13.6. The fraction of sp³-hybridized carbons (Fsp3) is 0.444. The van der Waals surface area contributed by atoms with Gasteiger partial charge in [-0.1, -0.05) is 17.3 Å². The molecule has 1 aliphatic heterocycles. The van der Waals surface area contributed by atoms with E-state index in [1.165, 1.54) is 0 Å². The largest absolute Gasteiger partial charge is 0.343 e. The maximum atomic E-state index is 12.6. The molecule has 1 aromatic carbocycles. The summed E-state index contributed by atoms with van der Waals surface area (Å²) in [6.45, 7) is 3.42. The minimum atomic E-state index is -0.322. The molecule has 0 bridgehead atoms. The van der Waals surface area contributed by atoms with Gasteiger partial charge in [-0.05, 0) is 31.9 Å². The Balaban J connectivity index is 1.44. The molecule has 0 unspecified atom stereocenters. The van der Waals surface area contributed by atoms with Crippen molar-refractivity contribution in [1.82, 2.24) is 34.7 Å². The van der Waals surface area contributed by atoms with E-state index in [2.05, 4.69) is 20.5 Å². The molecule has 0 saturated carbocycles. The fourth-order valence-electron chi connectivity index (χ4n) is 3.69. The zero-order valence-corrected chi connectivity index (χ0v) is 15.5. The molecular weight excluding hydrogens is 362 g/mol. The summed E-state index contributed by atoms with van der Waals surface area (Å²) < 4.78 is 2.74. The number of piperidine rings is 1.